The van der Waals surface area contributed by atoms with Crippen molar-refractivity contribution in [3.05, 3.63) is 65.7 Å². The third-order valence-electron chi connectivity index (χ3n) is 3.68. The third kappa shape index (κ3) is 4.16. The standard InChI is InChI=1S/C17H21NO2S/c1-3-14(2)16-9-11-17(12-10-16)21(19,20)18-13-15-7-5-4-6-8-15/h4-12,14,18H,3,13H2,1-2H3/t14-/m1/s1. The molecule has 0 heterocycles. The van der Waals surface area contributed by atoms with Crippen molar-refractivity contribution in [3.8, 4) is 0 Å². The van der Waals surface area contributed by atoms with Gasteiger partial charge >= 0.3 is 0 Å². The number of rotatable bonds is 6. The molecule has 0 bridgehead atoms. The second-order valence-corrected chi connectivity index (χ2v) is 6.96. The fourth-order valence-corrected chi connectivity index (χ4v) is 3.09. The summed E-state index contributed by atoms with van der Waals surface area (Å²) in [6, 6.07) is 16.6. The van der Waals surface area contributed by atoms with Crippen molar-refractivity contribution in [2.45, 2.75) is 37.6 Å². The molecular formula is C17H21NO2S. The van der Waals surface area contributed by atoms with Crippen LogP contribution < -0.4 is 4.72 Å². The number of benzene rings is 2. The van der Waals surface area contributed by atoms with Gasteiger partial charge in [0.05, 0.1) is 4.90 Å². The molecular weight excluding hydrogens is 282 g/mol. The summed E-state index contributed by atoms with van der Waals surface area (Å²) >= 11 is 0. The van der Waals surface area contributed by atoms with Gasteiger partial charge < -0.3 is 0 Å². The molecule has 0 radical (unpaired) electrons. The molecule has 2 aromatic rings. The topological polar surface area (TPSA) is 46.2 Å². The lowest BCUT2D eigenvalue weighted by Gasteiger charge is -2.11. The highest BCUT2D eigenvalue weighted by atomic mass is 32.2. The molecule has 0 aromatic heterocycles. The van der Waals surface area contributed by atoms with E-state index in [4.69, 9.17) is 0 Å². The highest BCUT2D eigenvalue weighted by molar-refractivity contribution is 7.89. The Bertz CT molecular complexity index is 664. The lowest BCUT2D eigenvalue weighted by atomic mass is 9.99. The zero-order valence-corrected chi connectivity index (χ0v) is 13.2. The summed E-state index contributed by atoms with van der Waals surface area (Å²) in [6.45, 7) is 4.56. The fraction of sp³-hybridized carbons (Fsp3) is 0.294. The molecule has 0 fully saturated rings. The zero-order valence-electron chi connectivity index (χ0n) is 12.4. The molecule has 112 valence electrons. The minimum atomic E-state index is -3.46. The van der Waals surface area contributed by atoms with Gasteiger partial charge in [0.25, 0.3) is 0 Å². The van der Waals surface area contributed by atoms with Gasteiger partial charge in [-0.05, 0) is 35.6 Å². The molecule has 0 saturated carbocycles. The predicted molar refractivity (Wildman–Crippen MR) is 85.6 cm³/mol. The maximum absolute atomic E-state index is 12.2. The van der Waals surface area contributed by atoms with Crippen LogP contribution in [0.5, 0.6) is 0 Å². The van der Waals surface area contributed by atoms with E-state index >= 15 is 0 Å². The van der Waals surface area contributed by atoms with Crippen molar-refractivity contribution >= 4 is 10.0 Å². The molecule has 0 unspecified atom stereocenters. The van der Waals surface area contributed by atoms with Gasteiger partial charge in [-0.25, -0.2) is 13.1 Å². The van der Waals surface area contributed by atoms with E-state index in [2.05, 4.69) is 18.6 Å². The fourth-order valence-electron chi connectivity index (χ4n) is 2.07. The van der Waals surface area contributed by atoms with Gasteiger partial charge in [0, 0.05) is 6.54 Å². The summed E-state index contributed by atoms with van der Waals surface area (Å²) in [7, 11) is -3.46. The van der Waals surface area contributed by atoms with Gasteiger partial charge in [-0.3, -0.25) is 0 Å². The van der Waals surface area contributed by atoms with Crippen LogP contribution in [0.1, 0.15) is 37.3 Å². The quantitative estimate of drug-likeness (QED) is 0.885. The molecule has 1 atom stereocenters. The molecule has 0 aliphatic rings. The van der Waals surface area contributed by atoms with E-state index in [-0.39, 0.29) is 0 Å². The van der Waals surface area contributed by atoms with Gasteiger partial charge in [0.2, 0.25) is 10.0 Å². The van der Waals surface area contributed by atoms with Crippen LogP contribution in [0.25, 0.3) is 0 Å². The van der Waals surface area contributed by atoms with E-state index in [1.165, 1.54) is 5.56 Å². The SMILES string of the molecule is CC[C@@H](C)c1ccc(S(=O)(=O)NCc2ccccc2)cc1. The second kappa shape index (κ2) is 6.87. The van der Waals surface area contributed by atoms with Gasteiger partial charge in [-0.15, -0.1) is 0 Å². The number of hydrogen-bond acceptors (Lipinski definition) is 2. The van der Waals surface area contributed by atoms with Crippen LogP contribution >= 0.6 is 0 Å². The van der Waals surface area contributed by atoms with Crippen molar-refractivity contribution in [3.63, 3.8) is 0 Å². The monoisotopic (exact) mass is 303 g/mol. The van der Waals surface area contributed by atoms with Gasteiger partial charge in [0.1, 0.15) is 0 Å². The van der Waals surface area contributed by atoms with Crippen LogP contribution in [0.3, 0.4) is 0 Å². The Morgan fingerprint density at radius 3 is 2.19 bits per heavy atom. The van der Waals surface area contributed by atoms with E-state index in [9.17, 15) is 8.42 Å². The third-order valence-corrected chi connectivity index (χ3v) is 5.10. The van der Waals surface area contributed by atoms with Crippen molar-refractivity contribution in [1.82, 2.24) is 4.72 Å². The molecule has 3 nitrogen and oxygen atoms in total. The first-order valence-corrected chi connectivity index (χ1v) is 8.65. The first-order chi connectivity index (χ1) is 10.0. The Morgan fingerprint density at radius 2 is 1.62 bits per heavy atom. The Morgan fingerprint density at radius 1 is 1.00 bits per heavy atom. The molecule has 0 aliphatic carbocycles. The second-order valence-electron chi connectivity index (χ2n) is 5.19. The van der Waals surface area contributed by atoms with Crippen LogP contribution in [0.4, 0.5) is 0 Å². The molecule has 0 aliphatic heterocycles. The van der Waals surface area contributed by atoms with E-state index in [1.54, 1.807) is 12.1 Å². The molecule has 2 aromatic carbocycles. The molecule has 0 saturated heterocycles. The van der Waals surface area contributed by atoms with Crippen molar-refractivity contribution in [2.75, 3.05) is 0 Å². The number of nitrogens with one attached hydrogen (secondary N) is 1. The summed E-state index contributed by atoms with van der Waals surface area (Å²) in [6.07, 6.45) is 1.04. The Balaban J connectivity index is 2.09. The first kappa shape index (κ1) is 15.7. The summed E-state index contributed by atoms with van der Waals surface area (Å²) in [5.74, 6) is 0.444. The Hall–Kier alpha value is -1.65. The average molecular weight is 303 g/mol. The van der Waals surface area contributed by atoms with Gasteiger partial charge in [0.15, 0.2) is 0 Å². The van der Waals surface area contributed by atoms with E-state index in [0.29, 0.717) is 17.4 Å². The maximum atomic E-state index is 12.2. The lowest BCUT2D eigenvalue weighted by Crippen LogP contribution is -2.23. The number of sulfonamides is 1. The van der Waals surface area contributed by atoms with E-state index in [0.717, 1.165) is 12.0 Å². The van der Waals surface area contributed by atoms with Crippen LogP contribution in [0.2, 0.25) is 0 Å². The largest absolute Gasteiger partial charge is 0.240 e. The van der Waals surface area contributed by atoms with Gasteiger partial charge in [-0.2, -0.15) is 0 Å². The molecule has 4 heteroatoms. The van der Waals surface area contributed by atoms with Crippen LogP contribution in [0, 0.1) is 0 Å². The highest BCUT2D eigenvalue weighted by Crippen LogP contribution is 2.20. The van der Waals surface area contributed by atoms with Crippen LogP contribution in [-0.2, 0) is 16.6 Å². The first-order valence-electron chi connectivity index (χ1n) is 7.16. The zero-order chi connectivity index (χ0) is 15.3. The maximum Gasteiger partial charge on any atom is 0.240 e. The summed E-state index contributed by atoms with van der Waals surface area (Å²) in [4.78, 5) is 0.311. The molecule has 2 rings (SSSR count). The normalized spacial score (nSPS) is 13.0. The predicted octanol–water partition coefficient (Wildman–Crippen LogP) is 3.68. The molecule has 0 spiro atoms. The van der Waals surface area contributed by atoms with Crippen molar-refractivity contribution in [1.29, 1.82) is 0 Å². The van der Waals surface area contributed by atoms with Gasteiger partial charge in [-0.1, -0.05) is 56.3 Å². The molecule has 21 heavy (non-hydrogen) atoms. The van der Waals surface area contributed by atoms with Crippen molar-refractivity contribution < 1.29 is 8.42 Å². The van der Waals surface area contributed by atoms with E-state index in [1.807, 2.05) is 42.5 Å². The highest BCUT2D eigenvalue weighted by Gasteiger charge is 2.14. The smallest absolute Gasteiger partial charge is 0.207 e. The minimum absolute atomic E-state index is 0.302. The van der Waals surface area contributed by atoms with Crippen LogP contribution in [0.15, 0.2) is 59.5 Å². The summed E-state index contributed by atoms with van der Waals surface area (Å²) in [5, 5.41) is 0. The summed E-state index contributed by atoms with van der Waals surface area (Å²) < 4.78 is 27.1. The van der Waals surface area contributed by atoms with E-state index < -0.39 is 10.0 Å². The van der Waals surface area contributed by atoms with Crippen LogP contribution in [-0.4, -0.2) is 8.42 Å². The number of hydrogen-bond donors (Lipinski definition) is 1. The van der Waals surface area contributed by atoms with Crippen molar-refractivity contribution in [2.24, 2.45) is 0 Å². The lowest BCUT2D eigenvalue weighted by molar-refractivity contribution is 0.581. The average Bonchev–Trinajstić information content (AvgIpc) is 2.53. The molecule has 0 amide bonds. The Labute approximate surface area is 127 Å². The molecule has 1 N–H and O–H groups in total. The Kier molecular flexibility index (Phi) is 5.15. The summed E-state index contributed by atoms with van der Waals surface area (Å²) in [5.41, 5.74) is 2.11. The minimum Gasteiger partial charge on any atom is -0.207 e.